The van der Waals surface area contributed by atoms with Crippen LogP contribution in [0.15, 0.2) is 63.8 Å². The van der Waals surface area contributed by atoms with Gasteiger partial charge in [0.1, 0.15) is 23.5 Å². The number of aromatic hydroxyl groups is 1. The van der Waals surface area contributed by atoms with Crippen molar-refractivity contribution in [3.05, 3.63) is 76.2 Å². The molecule has 0 saturated carbocycles. The number of methoxy groups -OCH3 is 1. The van der Waals surface area contributed by atoms with Crippen molar-refractivity contribution in [3.8, 4) is 5.75 Å². The van der Waals surface area contributed by atoms with E-state index in [9.17, 15) is 19.5 Å². The molecule has 0 spiro atoms. The second kappa shape index (κ2) is 8.32. The molecule has 0 radical (unpaired) electrons. The number of benzene rings is 2. The van der Waals surface area contributed by atoms with Crippen LogP contribution in [-0.4, -0.2) is 30.5 Å². The topological polar surface area (TPSA) is 106 Å². The Labute approximate surface area is 159 Å². The van der Waals surface area contributed by atoms with Gasteiger partial charge in [0.05, 0.1) is 5.39 Å². The standard InChI is InChI=1S/C21H17NO6/c1-27-12-18(24)22-14-6-4-5-13(11-14)9-10-16(23)19-20(25)15-7-2-3-8-17(15)28-21(19)26/h2-11,25H,12H2,1H3,(H,22,24)/b10-9+. The number of ether oxygens (including phenoxy) is 1. The van der Waals surface area contributed by atoms with Gasteiger partial charge in [-0.3, -0.25) is 9.59 Å². The number of hydrogen-bond acceptors (Lipinski definition) is 6. The van der Waals surface area contributed by atoms with Crippen LogP contribution in [0.25, 0.3) is 17.0 Å². The molecule has 0 fully saturated rings. The summed E-state index contributed by atoms with van der Waals surface area (Å²) >= 11 is 0. The van der Waals surface area contributed by atoms with Gasteiger partial charge in [-0.2, -0.15) is 0 Å². The van der Waals surface area contributed by atoms with Crippen molar-refractivity contribution in [2.45, 2.75) is 0 Å². The van der Waals surface area contributed by atoms with Crippen LogP contribution in [0.1, 0.15) is 15.9 Å². The van der Waals surface area contributed by atoms with Gasteiger partial charge in [0.25, 0.3) is 0 Å². The second-order valence-corrected chi connectivity index (χ2v) is 5.91. The molecular weight excluding hydrogens is 362 g/mol. The minimum atomic E-state index is -0.911. The maximum absolute atomic E-state index is 12.5. The van der Waals surface area contributed by atoms with E-state index >= 15 is 0 Å². The molecule has 3 rings (SSSR count). The highest BCUT2D eigenvalue weighted by Gasteiger charge is 2.18. The lowest BCUT2D eigenvalue weighted by Gasteiger charge is -2.05. The first kappa shape index (κ1) is 19.1. The summed E-state index contributed by atoms with van der Waals surface area (Å²) in [6.45, 7) is -0.0738. The van der Waals surface area contributed by atoms with Gasteiger partial charge < -0.3 is 19.6 Å². The normalized spacial score (nSPS) is 11.0. The van der Waals surface area contributed by atoms with Crippen LogP contribution in [0.5, 0.6) is 5.75 Å². The number of carbonyl (C=O) groups excluding carboxylic acids is 2. The third-order valence-corrected chi connectivity index (χ3v) is 3.91. The van der Waals surface area contributed by atoms with Crippen LogP contribution >= 0.6 is 0 Å². The van der Waals surface area contributed by atoms with E-state index in [0.29, 0.717) is 11.3 Å². The number of para-hydroxylation sites is 1. The van der Waals surface area contributed by atoms with E-state index in [4.69, 9.17) is 9.15 Å². The summed E-state index contributed by atoms with van der Waals surface area (Å²) < 4.78 is 9.86. The van der Waals surface area contributed by atoms with Gasteiger partial charge in [-0.1, -0.05) is 30.3 Å². The van der Waals surface area contributed by atoms with Crippen molar-refractivity contribution in [2.24, 2.45) is 0 Å². The molecule has 0 aliphatic heterocycles. The second-order valence-electron chi connectivity index (χ2n) is 5.91. The molecule has 0 saturated heterocycles. The number of ketones is 1. The molecule has 28 heavy (non-hydrogen) atoms. The summed E-state index contributed by atoms with van der Waals surface area (Å²) in [6, 6.07) is 13.2. The Morgan fingerprint density at radius 3 is 2.75 bits per heavy atom. The van der Waals surface area contributed by atoms with Crippen LogP contribution in [0.2, 0.25) is 0 Å². The first-order valence-corrected chi connectivity index (χ1v) is 8.35. The highest BCUT2D eigenvalue weighted by Crippen LogP contribution is 2.26. The predicted octanol–water partition coefficient (Wildman–Crippen LogP) is 2.98. The number of anilines is 1. The zero-order valence-corrected chi connectivity index (χ0v) is 15.0. The number of allylic oxidation sites excluding steroid dienone is 1. The maximum atomic E-state index is 12.5. The van der Waals surface area contributed by atoms with Crippen LogP contribution in [-0.2, 0) is 9.53 Å². The Kier molecular flexibility index (Phi) is 5.67. The van der Waals surface area contributed by atoms with Crippen molar-refractivity contribution in [1.29, 1.82) is 0 Å². The summed E-state index contributed by atoms with van der Waals surface area (Å²) in [5, 5.41) is 13.3. The lowest BCUT2D eigenvalue weighted by Crippen LogP contribution is -2.17. The molecule has 2 N–H and O–H groups in total. The largest absolute Gasteiger partial charge is 0.506 e. The molecule has 1 amide bonds. The molecule has 0 aliphatic rings. The van der Waals surface area contributed by atoms with E-state index in [2.05, 4.69) is 5.32 Å². The molecule has 2 aromatic carbocycles. The third kappa shape index (κ3) is 4.16. The molecule has 3 aromatic rings. The van der Waals surface area contributed by atoms with E-state index in [1.807, 2.05) is 0 Å². The fourth-order valence-electron chi connectivity index (χ4n) is 2.65. The average molecular weight is 379 g/mol. The van der Waals surface area contributed by atoms with Crippen molar-refractivity contribution in [1.82, 2.24) is 0 Å². The van der Waals surface area contributed by atoms with E-state index in [1.54, 1.807) is 42.5 Å². The maximum Gasteiger partial charge on any atom is 0.351 e. The number of carbonyl (C=O) groups is 2. The number of fused-ring (bicyclic) bond motifs is 1. The average Bonchev–Trinajstić information content (AvgIpc) is 2.67. The monoisotopic (exact) mass is 379 g/mol. The lowest BCUT2D eigenvalue weighted by molar-refractivity contribution is -0.119. The number of rotatable bonds is 6. The highest BCUT2D eigenvalue weighted by molar-refractivity contribution is 6.10. The van der Waals surface area contributed by atoms with Gasteiger partial charge in [0, 0.05) is 12.8 Å². The zero-order chi connectivity index (χ0) is 20.1. The quantitative estimate of drug-likeness (QED) is 0.387. The summed E-state index contributed by atoms with van der Waals surface area (Å²) in [5.74, 6) is -1.41. The Hall–Kier alpha value is -3.71. The molecule has 7 nitrogen and oxygen atoms in total. The van der Waals surface area contributed by atoms with Crippen molar-refractivity contribution in [2.75, 3.05) is 19.0 Å². The molecule has 1 aromatic heterocycles. The molecule has 142 valence electrons. The predicted molar refractivity (Wildman–Crippen MR) is 104 cm³/mol. The smallest absolute Gasteiger partial charge is 0.351 e. The van der Waals surface area contributed by atoms with Gasteiger partial charge in [0.2, 0.25) is 5.91 Å². The summed E-state index contributed by atoms with van der Waals surface area (Å²) in [4.78, 5) is 36.1. The summed E-state index contributed by atoms with van der Waals surface area (Å²) in [7, 11) is 1.42. The van der Waals surface area contributed by atoms with Gasteiger partial charge >= 0.3 is 5.63 Å². The summed E-state index contributed by atoms with van der Waals surface area (Å²) in [5.41, 5.74) is 0.00825. The van der Waals surface area contributed by atoms with Crippen LogP contribution < -0.4 is 10.9 Å². The lowest BCUT2D eigenvalue weighted by atomic mass is 10.1. The zero-order valence-electron chi connectivity index (χ0n) is 15.0. The van der Waals surface area contributed by atoms with Gasteiger partial charge in [-0.25, -0.2) is 4.79 Å². The van der Waals surface area contributed by atoms with Crippen molar-refractivity contribution >= 4 is 34.4 Å². The molecule has 0 bridgehead atoms. The third-order valence-electron chi connectivity index (χ3n) is 3.91. The number of hydrogen-bond donors (Lipinski definition) is 2. The number of amides is 1. The highest BCUT2D eigenvalue weighted by atomic mass is 16.5. The SMILES string of the molecule is COCC(=O)Nc1cccc(/C=C/C(=O)c2c(O)c3ccccc3oc2=O)c1. The van der Waals surface area contributed by atoms with Gasteiger partial charge in [-0.05, 0) is 35.9 Å². The van der Waals surface area contributed by atoms with E-state index in [-0.39, 0.29) is 23.5 Å². The Morgan fingerprint density at radius 1 is 1.18 bits per heavy atom. The fourth-order valence-corrected chi connectivity index (χ4v) is 2.65. The van der Waals surface area contributed by atoms with E-state index < -0.39 is 22.7 Å². The van der Waals surface area contributed by atoms with E-state index in [0.717, 1.165) is 6.08 Å². The van der Waals surface area contributed by atoms with E-state index in [1.165, 1.54) is 19.3 Å². The van der Waals surface area contributed by atoms with Crippen LogP contribution in [0, 0.1) is 0 Å². The fraction of sp³-hybridized carbons (Fsp3) is 0.0952. The molecule has 1 heterocycles. The van der Waals surface area contributed by atoms with Crippen molar-refractivity contribution in [3.63, 3.8) is 0 Å². The molecule has 0 atom stereocenters. The van der Waals surface area contributed by atoms with Gasteiger partial charge in [0.15, 0.2) is 5.78 Å². The summed E-state index contributed by atoms with van der Waals surface area (Å²) in [6.07, 6.45) is 2.64. The first-order valence-electron chi connectivity index (χ1n) is 8.35. The molecule has 0 aliphatic carbocycles. The van der Waals surface area contributed by atoms with Crippen molar-refractivity contribution < 1.29 is 23.8 Å². The molecule has 7 heteroatoms. The van der Waals surface area contributed by atoms with Crippen LogP contribution in [0.4, 0.5) is 5.69 Å². The minimum absolute atomic E-state index is 0.0738. The first-order chi connectivity index (χ1) is 13.5. The van der Waals surface area contributed by atoms with Gasteiger partial charge in [-0.15, -0.1) is 0 Å². The molecular formula is C21H17NO6. The van der Waals surface area contributed by atoms with Crippen LogP contribution in [0.3, 0.4) is 0 Å². The molecule has 0 unspecified atom stereocenters. The Morgan fingerprint density at radius 2 is 1.96 bits per heavy atom. The number of nitrogens with one attached hydrogen (secondary N) is 1. The Balaban J connectivity index is 1.86. The minimum Gasteiger partial charge on any atom is -0.506 e. The Bertz CT molecular complexity index is 1130.